The molecule has 2 atom stereocenters. The Morgan fingerprint density at radius 1 is 1.00 bits per heavy atom. The lowest BCUT2D eigenvalue weighted by Gasteiger charge is -2.46. The Balaban J connectivity index is 2.28. The summed E-state index contributed by atoms with van der Waals surface area (Å²) in [5, 5.41) is 4.90. The number of hydrogen-bond acceptors (Lipinski definition) is 4. The lowest BCUT2D eigenvalue weighted by Crippen LogP contribution is -2.73. The molecule has 2 N–H and O–H groups in total. The van der Waals surface area contributed by atoms with Gasteiger partial charge in [-0.2, -0.15) is 0 Å². The van der Waals surface area contributed by atoms with Crippen LogP contribution in [0.1, 0.15) is 20.3 Å². The first-order valence-corrected chi connectivity index (χ1v) is 5.12. The van der Waals surface area contributed by atoms with Crippen molar-refractivity contribution in [3.05, 3.63) is 0 Å². The lowest BCUT2D eigenvalue weighted by molar-refractivity contribution is -0.133. The van der Waals surface area contributed by atoms with Crippen LogP contribution >= 0.6 is 0 Å². The molecule has 0 aliphatic carbocycles. The molecule has 0 spiro atoms. The summed E-state index contributed by atoms with van der Waals surface area (Å²) in [5.41, 5.74) is 0. The minimum atomic E-state index is -0.686. The van der Waals surface area contributed by atoms with Crippen LogP contribution in [0.4, 0.5) is 9.59 Å². The van der Waals surface area contributed by atoms with Gasteiger partial charge in [0, 0.05) is 20.3 Å². The number of carbonyl (C=O) groups is 4. The highest BCUT2D eigenvalue weighted by molar-refractivity contribution is 5.99. The van der Waals surface area contributed by atoms with E-state index < -0.39 is 36.2 Å². The maximum absolute atomic E-state index is 11.6. The predicted molar refractivity (Wildman–Crippen MR) is 54.3 cm³/mol. The molecule has 2 aliphatic heterocycles. The molecule has 2 aliphatic rings. The zero-order chi connectivity index (χ0) is 12.7. The highest BCUT2D eigenvalue weighted by atomic mass is 16.2. The van der Waals surface area contributed by atoms with Crippen LogP contribution in [-0.4, -0.2) is 46.0 Å². The van der Waals surface area contributed by atoms with Gasteiger partial charge >= 0.3 is 12.1 Å². The normalized spacial score (nSPS) is 27.4. The first kappa shape index (κ1) is 11.4. The fourth-order valence-corrected chi connectivity index (χ4v) is 2.10. The number of imide groups is 2. The Labute approximate surface area is 96.9 Å². The van der Waals surface area contributed by atoms with Crippen LogP contribution in [0.25, 0.3) is 0 Å². The predicted octanol–water partition coefficient (Wildman–Crippen LogP) is -0.828. The lowest BCUT2D eigenvalue weighted by atomic mass is 10.1. The molecule has 8 nitrogen and oxygen atoms in total. The largest absolute Gasteiger partial charge is 0.327 e. The van der Waals surface area contributed by atoms with Gasteiger partial charge in [0.25, 0.3) is 0 Å². The van der Waals surface area contributed by atoms with Crippen molar-refractivity contribution in [2.75, 3.05) is 0 Å². The van der Waals surface area contributed by atoms with Crippen molar-refractivity contribution in [3.63, 3.8) is 0 Å². The molecular formula is C9H12N4O4. The summed E-state index contributed by atoms with van der Waals surface area (Å²) < 4.78 is 0. The molecule has 0 aromatic carbocycles. The van der Waals surface area contributed by atoms with Gasteiger partial charge in [0.15, 0.2) is 0 Å². The summed E-state index contributed by atoms with van der Waals surface area (Å²) in [6, 6.07) is -1.21. The van der Waals surface area contributed by atoms with E-state index in [2.05, 4.69) is 10.6 Å². The summed E-state index contributed by atoms with van der Waals surface area (Å²) in [6.07, 6.45) is -1.08. The number of nitrogens with one attached hydrogen (secondary N) is 2. The Kier molecular flexibility index (Phi) is 2.49. The van der Waals surface area contributed by atoms with Gasteiger partial charge in [-0.3, -0.25) is 9.59 Å². The van der Waals surface area contributed by atoms with Gasteiger partial charge in [-0.25, -0.2) is 19.4 Å². The number of urea groups is 2. The van der Waals surface area contributed by atoms with E-state index in [0.717, 1.165) is 9.80 Å². The van der Waals surface area contributed by atoms with Gasteiger partial charge in [-0.1, -0.05) is 0 Å². The zero-order valence-corrected chi connectivity index (χ0v) is 9.39. The first-order chi connectivity index (χ1) is 7.91. The maximum atomic E-state index is 11.6. The van der Waals surface area contributed by atoms with Crippen molar-refractivity contribution in [3.8, 4) is 0 Å². The van der Waals surface area contributed by atoms with Crippen molar-refractivity contribution in [1.29, 1.82) is 0 Å². The van der Waals surface area contributed by atoms with Gasteiger partial charge < -0.3 is 10.6 Å². The van der Waals surface area contributed by atoms with Crippen molar-refractivity contribution in [2.45, 2.75) is 32.6 Å². The van der Waals surface area contributed by atoms with Crippen LogP contribution in [0.5, 0.6) is 0 Å². The number of hydrogen-bond donors (Lipinski definition) is 2. The summed E-state index contributed by atoms with van der Waals surface area (Å²) in [7, 11) is 0. The fourth-order valence-electron chi connectivity index (χ4n) is 2.10. The molecule has 2 bridgehead atoms. The smallest absolute Gasteiger partial charge is 0.316 e. The Bertz CT molecular complexity index is 383. The maximum Gasteiger partial charge on any atom is 0.327 e. The van der Waals surface area contributed by atoms with E-state index in [1.807, 2.05) is 0 Å². The summed E-state index contributed by atoms with van der Waals surface area (Å²) in [5.74, 6) is -0.912. The van der Waals surface area contributed by atoms with Crippen LogP contribution in [0.2, 0.25) is 0 Å². The second kappa shape index (κ2) is 3.72. The molecule has 0 aromatic heterocycles. The van der Waals surface area contributed by atoms with E-state index >= 15 is 0 Å². The average molecular weight is 240 g/mol. The van der Waals surface area contributed by atoms with E-state index in [4.69, 9.17) is 0 Å². The number of rotatable bonds is 0. The topological polar surface area (TPSA) is 98.8 Å². The molecule has 0 radical (unpaired) electrons. The van der Waals surface area contributed by atoms with Crippen LogP contribution in [-0.2, 0) is 9.59 Å². The summed E-state index contributed by atoms with van der Waals surface area (Å²) >= 11 is 0. The third-order valence-corrected chi connectivity index (χ3v) is 2.77. The number of fused-ring (bicyclic) bond motifs is 2. The molecule has 2 rings (SSSR count). The fraction of sp³-hybridized carbons (Fsp3) is 0.556. The average Bonchev–Trinajstić information content (AvgIpc) is 2.13. The molecule has 0 unspecified atom stereocenters. The Morgan fingerprint density at radius 3 is 1.65 bits per heavy atom. The third-order valence-electron chi connectivity index (χ3n) is 2.77. The minimum absolute atomic E-state index is 0.288. The Hall–Kier alpha value is -2.12. The molecule has 0 aromatic rings. The molecule has 2 saturated heterocycles. The van der Waals surface area contributed by atoms with Gasteiger partial charge in [-0.15, -0.1) is 0 Å². The molecule has 2 heterocycles. The third kappa shape index (κ3) is 1.71. The van der Waals surface area contributed by atoms with Gasteiger partial charge in [0.05, 0.1) is 0 Å². The van der Waals surface area contributed by atoms with Crippen molar-refractivity contribution < 1.29 is 19.2 Å². The monoisotopic (exact) mass is 240 g/mol. The van der Waals surface area contributed by atoms with Crippen LogP contribution < -0.4 is 10.6 Å². The molecule has 8 heteroatoms. The second-order valence-corrected chi connectivity index (χ2v) is 3.94. The molecule has 92 valence electrons. The Morgan fingerprint density at radius 2 is 1.35 bits per heavy atom. The van der Waals surface area contributed by atoms with E-state index in [9.17, 15) is 19.2 Å². The van der Waals surface area contributed by atoms with Crippen molar-refractivity contribution in [1.82, 2.24) is 20.4 Å². The number of nitrogens with zero attached hydrogens (tertiary/aromatic N) is 2. The first-order valence-electron chi connectivity index (χ1n) is 5.12. The molecular weight excluding hydrogens is 228 g/mol. The second-order valence-electron chi connectivity index (χ2n) is 3.94. The van der Waals surface area contributed by atoms with Crippen molar-refractivity contribution >= 4 is 23.9 Å². The highest BCUT2D eigenvalue weighted by Gasteiger charge is 2.46. The molecule has 6 amide bonds. The van der Waals surface area contributed by atoms with E-state index in [0.29, 0.717) is 0 Å². The van der Waals surface area contributed by atoms with Crippen LogP contribution in [0, 0.1) is 0 Å². The van der Waals surface area contributed by atoms with E-state index in [1.54, 1.807) is 0 Å². The van der Waals surface area contributed by atoms with E-state index in [-0.39, 0.29) is 6.42 Å². The number of carbonyl (C=O) groups excluding carboxylic acids is 4. The van der Waals surface area contributed by atoms with Gasteiger partial charge in [0.1, 0.15) is 12.3 Å². The SMILES string of the molecule is CC(=O)N1C(=O)N[C@@H]2C[C@@H]1NC(=O)N2C(C)=O. The van der Waals surface area contributed by atoms with Crippen LogP contribution in [0.15, 0.2) is 0 Å². The molecule has 0 saturated carbocycles. The van der Waals surface area contributed by atoms with E-state index in [1.165, 1.54) is 13.8 Å². The number of amides is 6. The minimum Gasteiger partial charge on any atom is -0.316 e. The quantitative estimate of drug-likeness (QED) is 0.577. The van der Waals surface area contributed by atoms with Crippen molar-refractivity contribution in [2.24, 2.45) is 0 Å². The zero-order valence-electron chi connectivity index (χ0n) is 9.39. The standard InChI is InChI=1S/C9H12N4O4/c1-4(14)12-6-3-7(11-8(12)16)13(5(2)15)9(17)10-6/h6-7H,3H2,1-2H3,(H,10,17)(H,11,16)/t6-,7+. The molecule has 17 heavy (non-hydrogen) atoms. The highest BCUT2D eigenvalue weighted by Crippen LogP contribution is 2.20. The summed E-state index contributed by atoms with van der Waals surface area (Å²) in [4.78, 5) is 47.7. The summed E-state index contributed by atoms with van der Waals surface area (Å²) in [6.45, 7) is 2.48. The van der Waals surface area contributed by atoms with Gasteiger partial charge in [0.2, 0.25) is 11.8 Å². The van der Waals surface area contributed by atoms with Gasteiger partial charge in [-0.05, 0) is 0 Å². The molecule has 2 fully saturated rings. The van der Waals surface area contributed by atoms with Crippen LogP contribution in [0.3, 0.4) is 0 Å².